The molecule has 0 unspecified atom stereocenters. The van der Waals surface area contributed by atoms with E-state index in [1.165, 1.54) is 0 Å². The number of aliphatic carboxylic acids is 1. The minimum atomic E-state index is -0.762. The van der Waals surface area contributed by atoms with Crippen LogP contribution in [-0.2, 0) is 4.79 Å². The summed E-state index contributed by atoms with van der Waals surface area (Å²) in [7, 11) is 0. The second-order valence-corrected chi connectivity index (χ2v) is 2.22. The summed E-state index contributed by atoms with van der Waals surface area (Å²) in [4.78, 5) is 10.3. The Hall–Kier alpha value is -0.790. The van der Waals surface area contributed by atoms with Gasteiger partial charge in [-0.3, -0.25) is 4.79 Å². The molecule has 2 atom stereocenters. The highest BCUT2D eigenvalue weighted by molar-refractivity contribution is 5.70. The Bertz CT molecular complexity index is 118. The average molecular weight is 128 g/mol. The van der Waals surface area contributed by atoms with E-state index in [1.807, 2.05) is 6.92 Å². The van der Waals surface area contributed by atoms with Crippen molar-refractivity contribution in [3.05, 3.63) is 12.7 Å². The van der Waals surface area contributed by atoms with Crippen molar-refractivity contribution >= 4 is 5.97 Å². The third-order valence-corrected chi connectivity index (χ3v) is 1.55. The van der Waals surface area contributed by atoms with E-state index in [2.05, 4.69) is 6.58 Å². The van der Waals surface area contributed by atoms with E-state index in [0.29, 0.717) is 0 Å². The van der Waals surface area contributed by atoms with Gasteiger partial charge in [0.15, 0.2) is 0 Å². The van der Waals surface area contributed by atoms with Gasteiger partial charge in [-0.15, -0.1) is 6.58 Å². The Morgan fingerprint density at radius 1 is 1.67 bits per heavy atom. The van der Waals surface area contributed by atoms with Gasteiger partial charge in [-0.2, -0.15) is 0 Å². The van der Waals surface area contributed by atoms with Crippen molar-refractivity contribution in [2.45, 2.75) is 13.8 Å². The van der Waals surface area contributed by atoms with Crippen LogP contribution >= 0.6 is 0 Å². The van der Waals surface area contributed by atoms with Gasteiger partial charge in [0.25, 0.3) is 0 Å². The number of rotatable bonds is 3. The molecule has 0 heterocycles. The van der Waals surface area contributed by atoms with Crippen LogP contribution in [0.4, 0.5) is 0 Å². The highest BCUT2D eigenvalue weighted by Gasteiger charge is 2.15. The van der Waals surface area contributed by atoms with Gasteiger partial charge in [0.05, 0.1) is 5.92 Å². The zero-order valence-corrected chi connectivity index (χ0v) is 5.79. The molecule has 2 nitrogen and oxygen atoms in total. The van der Waals surface area contributed by atoms with Crippen molar-refractivity contribution in [1.29, 1.82) is 0 Å². The second-order valence-electron chi connectivity index (χ2n) is 2.22. The van der Waals surface area contributed by atoms with Crippen molar-refractivity contribution in [3.63, 3.8) is 0 Å². The maximum absolute atomic E-state index is 10.3. The molecule has 0 amide bonds. The van der Waals surface area contributed by atoms with E-state index in [4.69, 9.17) is 5.11 Å². The maximum Gasteiger partial charge on any atom is 0.306 e. The quantitative estimate of drug-likeness (QED) is 0.585. The molecule has 0 saturated carbocycles. The third kappa shape index (κ3) is 2.31. The molecule has 0 spiro atoms. The van der Waals surface area contributed by atoms with Gasteiger partial charge in [0, 0.05) is 0 Å². The van der Waals surface area contributed by atoms with Gasteiger partial charge >= 0.3 is 5.97 Å². The van der Waals surface area contributed by atoms with Gasteiger partial charge in [-0.05, 0) is 5.92 Å². The molecule has 2 heteroatoms. The van der Waals surface area contributed by atoms with Crippen molar-refractivity contribution in [3.8, 4) is 0 Å². The molecule has 0 aromatic carbocycles. The van der Waals surface area contributed by atoms with E-state index in [1.54, 1.807) is 13.0 Å². The van der Waals surface area contributed by atoms with E-state index in [-0.39, 0.29) is 11.8 Å². The second kappa shape index (κ2) is 3.28. The summed E-state index contributed by atoms with van der Waals surface area (Å²) >= 11 is 0. The first-order chi connectivity index (χ1) is 4.09. The smallest absolute Gasteiger partial charge is 0.306 e. The minimum Gasteiger partial charge on any atom is -0.481 e. The third-order valence-electron chi connectivity index (χ3n) is 1.55. The van der Waals surface area contributed by atoms with Gasteiger partial charge in [0.2, 0.25) is 0 Å². The number of carboxylic acid groups (broad SMARTS) is 1. The molecular weight excluding hydrogens is 116 g/mol. The molecule has 0 aliphatic heterocycles. The normalized spacial score (nSPS) is 16.2. The Morgan fingerprint density at radius 2 is 2.11 bits per heavy atom. The zero-order valence-electron chi connectivity index (χ0n) is 5.79. The largest absolute Gasteiger partial charge is 0.481 e. The summed E-state index contributed by atoms with van der Waals surface area (Å²) in [5.41, 5.74) is 0. The summed E-state index contributed by atoms with van der Waals surface area (Å²) in [6, 6.07) is 0. The molecule has 0 radical (unpaired) electrons. The van der Waals surface area contributed by atoms with Crippen LogP contribution in [0.2, 0.25) is 0 Å². The van der Waals surface area contributed by atoms with Crippen LogP contribution in [0.15, 0.2) is 12.7 Å². The summed E-state index contributed by atoms with van der Waals surface area (Å²) in [6.07, 6.45) is 1.65. The van der Waals surface area contributed by atoms with E-state index in [9.17, 15) is 4.79 Å². The standard InChI is InChI=1S/C7H12O2/c1-4-5(2)6(3)7(8)9/h4-6H,1H2,2-3H3,(H,8,9)/t5-,6+/m1/s1. The highest BCUT2D eigenvalue weighted by Crippen LogP contribution is 2.10. The predicted molar refractivity (Wildman–Crippen MR) is 36.2 cm³/mol. The average Bonchev–Trinajstić information content (AvgIpc) is 1.84. The SMILES string of the molecule is C=C[C@@H](C)[C@H](C)C(=O)O. The van der Waals surface area contributed by atoms with Crippen molar-refractivity contribution in [2.24, 2.45) is 11.8 Å². The van der Waals surface area contributed by atoms with Crippen molar-refractivity contribution in [1.82, 2.24) is 0 Å². The molecule has 0 aliphatic carbocycles. The lowest BCUT2D eigenvalue weighted by molar-refractivity contribution is -0.142. The molecule has 0 bridgehead atoms. The summed E-state index contributed by atoms with van der Waals surface area (Å²) in [5, 5.41) is 8.44. The fourth-order valence-electron chi connectivity index (χ4n) is 0.429. The summed E-state index contributed by atoms with van der Waals surface area (Å²) in [5.74, 6) is -1.02. The Kier molecular flexibility index (Phi) is 2.99. The van der Waals surface area contributed by atoms with Crippen LogP contribution in [-0.4, -0.2) is 11.1 Å². The highest BCUT2D eigenvalue weighted by atomic mass is 16.4. The molecule has 0 fully saturated rings. The molecule has 0 aromatic rings. The molecule has 0 aliphatic rings. The monoisotopic (exact) mass is 128 g/mol. The number of carboxylic acids is 1. The minimum absolute atomic E-state index is 0.0579. The van der Waals surface area contributed by atoms with Crippen molar-refractivity contribution in [2.75, 3.05) is 0 Å². The van der Waals surface area contributed by atoms with Crippen LogP contribution in [0.3, 0.4) is 0 Å². The van der Waals surface area contributed by atoms with E-state index in [0.717, 1.165) is 0 Å². The summed E-state index contributed by atoms with van der Waals surface area (Å²) < 4.78 is 0. The number of carbonyl (C=O) groups is 1. The predicted octanol–water partition coefficient (Wildman–Crippen LogP) is 1.53. The molecule has 52 valence electrons. The first-order valence-electron chi connectivity index (χ1n) is 2.95. The lowest BCUT2D eigenvalue weighted by Gasteiger charge is -2.09. The first-order valence-corrected chi connectivity index (χ1v) is 2.95. The topological polar surface area (TPSA) is 37.3 Å². The Balaban J connectivity index is 3.86. The van der Waals surface area contributed by atoms with Crippen LogP contribution in [0.5, 0.6) is 0 Å². The van der Waals surface area contributed by atoms with E-state index >= 15 is 0 Å². The molecule has 0 saturated heterocycles. The Labute approximate surface area is 55.2 Å². The molecule has 9 heavy (non-hydrogen) atoms. The lowest BCUT2D eigenvalue weighted by Crippen LogP contribution is -2.15. The van der Waals surface area contributed by atoms with Crippen LogP contribution in [0, 0.1) is 11.8 Å². The summed E-state index contributed by atoms with van der Waals surface area (Å²) in [6.45, 7) is 7.02. The first kappa shape index (κ1) is 8.21. The lowest BCUT2D eigenvalue weighted by atomic mass is 9.97. The van der Waals surface area contributed by atoms with Gasteiger partial charge in [0.1, 0.15) is 0 Å². The number of hydrogen-bond acceptors (Lipinski definition) is 1. The maximum atomic E-state index is 10.3. The van der Waals surface area contributed by atoms with E-state index < -0.39 is 5.97 Å². The fraction of sp³-hybridized carbons (Fsp3) is 0.571. The number of hydrogen-bond donors (Lipinski definition) is 1. The zero-order chi connectivity index (χ0) is 7.44. The Morgan fingerprint density at radius 3 is 2.22 bits per heavy atom. The van der Waals surface area contributed by atoms with Gasteiger partial charge < -0.3 is 5.11 Å². The molecule has 0 aromatic heterocycles. The van der Waals surface area contributed by atoms with Crippen LogP contribution in [0.1, 0.15) is 13.8 Å². The molecule has 0 rings (SSSR count). The van der Waals surface area contributed by atoms with Crippen molar-refractivity contribution < 1.29 is 9.90 Å². The molecule has 1 N–H and O–H groups in total. The van der Waals surface area contributed by atoms with Crippen LogP contribution < -0.4 is 0 Å². The fourth-order valence-corrected chi connectivity index (χ4v) is 0.429. The van der Waals surface area contributed by atoms with Gasteiger partial charge in [-0.25, -0.2) is 0 Å². The molecular formula is C7H12O2. The number of allylic oxidation sites excluding steroid dienone is 1. The van der Waals surface area contributed by atoms with Crippen LogP contribution in [0.25, 0.3) is 0 Å². The van der Waals surface area contributed by atoms with Gasteiger partial charge in [-0.1, -0.05) is 19.9 Å².